The molecular formula is C25H23N5O5. The van der Waals surface area contributed by atoms with Crippen molar-refractivity contribution < 1.29 is 24.6 Å². The molecule has 4 rings (SSSR count). The number of azo groups is 1. The van der Waals surface area contributed by atoms with Crippen molar-refractivity contribution in [2.45, 2.75) is 39.0 Å². The molecule has 1 amide bonds. The van der Waals surface area contributed by atoms with Gasteiger partial charge in [0.05, 0.1) is 16.8 Å². The number of phenols is 1. The first-order valence-electron chi connectivity index (χ1n) is 11.1. The number of carbonyl (C=O) groups is 3. The minimum absolute atomic E-state index is 0.0285. The van der Waals surface area contributed by atoms with E-state index in [4.69, 9.17) is 0 Å². The van der Waals surface area contributed by atoms with Gasteiger partial charge in [-0.3, -0.25) is 14.4 Å². The zero-order chi connectivity index (χ0) is 25.3. The van der Waals surface area contributed by atoms with E-state index in [1.165, 1.54) is 43.3 Å². The minimum Gasteiger partial charge on any atom is -0.507 e. The highest BCUT2D eigenvalue weighted by atomic mass is 16.3. The third-order valence-corrected chi connectivity index (χ3v) is 6.06. The number of rotatable bonds is 6. The van der Waals surface area contributed by atoms with Crippen LogP contribution in [0.15, 0.2) is 57.8 Å². The van der Waals surface area contributed by atoms with Crippen molar-refractivity contribution in [1.29, 1.82) is 5.26 Å². The number of hydrogen-bond acceptors (Lipinski definition) is 9. The number of aliphatic hydroxyl groups excluding tert-OH is 1. The summed E-state index contributed by atoms with van der Waals surface area (Å²) in [5.41, 5.74) is 3.11. The van der Waals surface area contributed by atoms with Gasteiger partial charge in [-0.2, -0.15) is 15.5 Å². The van der Waals surface area contributed by atoms with Crippen LogP contribution in [0.25, 0.3) is 0 Å². The van der Waals surface area contributed by atoms with E-state index in [1.54, 1.807) is 0 Å². The fourth-order valence-electron chi connectivity index (χ4n) is 4.16. The summed E-state index contributed by atoms with van der Waals surface area (Å²) in [4.78, 5) is 38.9. The van der Waals surface area contributed by atoms with Gasteiger partial charge in [0.25, 0.3) is 5.91 Å². The minimum atomic E-state index is -1.44. The van der Waals surface area contributed by atoms with Crippen LogP contribution in [0.2, 0.25) is 0 Å². The van der Waals surface area contributed by atoms with E-state index in [1.807, 2.05) is 13.0 Å². The van der Waals surface area contributed by atoms with Gasteiger partial charge < -0.3 is 10.2 Å². The summed E-state index contributed by atoms with van der Waals surface area (Å²) in [7, 11) is 0. The molecule has 1 aliphatic carbocycles. The van der Waals surface area contributed by atoms with E-state index in [9.17, 15) is 29.9 Å². The van der Waals surface area contributed by atoms with Gasteiger partial charge in [-0.05, 0) is 31.1 Å². The molecule has 10 heteroatoms. The van der Waals surface area contributed by atoms with Crippen molar-refractivity contribution >= 4 is 23.2 Å². The maximum absolute atomic E-state index is 13.2. The number of nitriles is 1. The van der Waals surface area contributed by atoms with Crippen LogP contribution in [-0.4, -0.2) is 51.5 Å². The van der Waals surface area contributed by atoms with Gasteiger partial charge in [-0.25, -0.2) is 10.4 Å². The predicted molar refractivity (Wildman–Crippen MR) is 124 cm³/mol. The second kappa shape index (κ2) is 9.58. The topological polar surface area (TPSA) is 155 Å². The fourth-order valence-corrected chi connectivity index (χ4v) is 4.16. The van der Waals surface area contributed by atoms with Crippen LogP contribution in [0.4, 0.5) is 5.69 Å². The number of hydrazine groups is 1. The monoisotopic (exact) mass is 473 g/mol. The third kappa shape index (κ3) is 4.01. The number of aromatic hydroxyl groups is 1. The molecule has 2 atom stereocenters. The number of aliphatic hydroxyl groups is 1. The largest absolute Gasteiger partial charge is 0.507 e. The van der Waals surface area contributed by atoms with Crippen molar-refractivity contribution in [3.63, 3.8) is 0 Å². The summed E-state index contributed by atoms with van der Waals surface area (Å²) < 4.78 is 0. The second-order valence-corrected chi connectivity index (χ2v) is 8.24. The number of fused-ring (bicyclic) bond motifs is 2. The van der Waals surface area contributed by atoms with Crippen molar-refractivity contribution in [2.24, 2.45) is 10.2 Å². The number of carbonyl (C=O) groups excluding carboxylic acids is 3. The molecule has 2 aromatic carbocycles. The highest BCUT2D eigenvalue weighted by Gasteiger charge is 2.40. The van der Waals surface area contributed by atoms with Gasteiger partial charge in [0, 0.05) is 17.7 Å². The molecule has 2 aromatic rings. The maximum Gasteiger partial charge on any atom is 0.281 e. The molecular weight excluding hydrogens is 450 g/mol. The molecule has 35 heavy (non-hydrogen) atoms. The van der Waals surface area contributed by atoms with E-state index >= 15 is 0 Å². The molecule has 0 saturated heterocycles. The lowest BCUT2D eigenvalue weighted by molar-refractivity contribution is -0.145. The summed E-state index contributed by atoms with van der Waals surface area (Å²) in [6.45, 7) is 3.90. The van der Waals surface area contributed by atoms with E-state index in [0.29, 0.717) is 6.54 Å². The Morgan fingerprint density at radius 1 is 1.09 bits per heavy atom. The Morgan fingerprint density at radius 2 is 1.74 bits per heavy atom. The number of benzene rings is 2. The predicted octanol–water partition coefficient (Wildman–Crippen LogP) is 2.93. The molecule has 178 valence electrons. The molecule has 1 aliphatic heterocycles. The van der Waals surface area contributed by atoms with Crippen LogP contribution < -0.4 is 5.43 Å². The van der Waals surface area contributed by atoms with Crippen molar-refractivity contribution in [2.75, 3.05) is 6.54 Å². The first-order chi connectivity index (χ1) is 16.8. The molecule has 0 fully saturated rings. The Morgan fingerprint density at radius 3 is 2.43 bits per heavy atom. The number of unbranched alkanes of at least 4 members (excludes halogenated alkanes) is 1. The molecule has 0 saturated carbocycles. The van der Waals surface area contributed by atoms with Crippen LogP contribution in [0.5, 0.6) is 5.75 Å². The molecule has 0 bridgehead atoms. The van der Waals surface area contributed by atoms with Crippen molar-refractivity contribution in [1.82, 2.24) is 10.4 Å². The van der Waals surface area contributed by atoms with Crippen LogP contribution in [0.1, 0.15) is 58.5 Å². The summed E-state index contributed by atoms with van der Waals surface area (Å²) in [6, 6.07) is 9.57. The molecule has 0 spiro atoms. The van der Waals surface area contributed by atoms with Crippen molar-refractivity contribution in [3.05, 3.63) is 69.8 Å². The van der Waals surface area contributed by atoms with Gasteiger partial charge in [0.2, 0.25) is 0 Å². The Labute approximate surface area is 201 Å². The molecule has 2 unspecified atom stereocenters. The van der Waals surface area contributed by atoms with Gasteiger partial charge in [-0.1, -0.05) is 37.6 Å². The van der Waals surface area contributed by atoms with E-state index < -0.39 is 29.7 Å². The highest BCUT2D eigenvalue weighted by Crippen LogP contribution is 2.37. The Hall–Kier alpha value is -4.20. The smallest absolute Gasteiger partial charge is 0.281 e. The molecule has 10 nitrogen and oxygen atoms in total. The van der Waals surface area contributed by atoms with Gasteiger partial charge in [-0.15, -0.1) is 0 Å². The molecule has 1 heterocycles. The SMILES string of the molecule is CCCCNN1C(=O)C(C#N)=C(C)C(/N=N/c2cccc3c2C(=O)c2cccc(O)c2C3=O)C1O. The molecule has 0 aromatic heterocycles. The average Bonchev–Trinajstić information content (AvgIpc) is 2.84. The Balaban J connectivity index is 1.73. The number of nitrogens with one attached hydrogen (secondary N) is 1. The van der Waals surface area contributed by atoms with Crippen LogP contribution in [-0.2, 0) is 4.79 Å². The number of amides is 1. The molecule has 0 radical (unpaired) electrons. The van der Waals surface area contributed by atoms with Crippen LogP contribution in [0.3, 0.4) is 0 Å². The quantitative estimate of drug-likeness (QED) is 0.367. The first-order valence-corrected chi connectivity index (χ1v) is 11.1. The average molecular weight is 473 g/mol. The van der Waals surface area contributed by atoms with Crippen molar-refractivity contribution in [3.8, 4) is 11.8 Å². The fraction of sp³-hybridized carbons (Fsp3) is 0.280. The van der Waals surface area contributed by atoms with Gasteiger partial charge in [0.1, 0.15) is 23.4 Å². The molecule has 2 aliphatic rings. The number of nitrogens with zero attached hydrogens (tertiary/aromatic N) is 4. The number of phenolic OH excluding ortho intramolecular Hbond substituents is 1. The number of ketones is 2. The lowest BCUT2D eigenvalue weighted by Crippen LogP contribution is -2.57. The normalized spacial score (nSPS) is 19.7. The summed E-state index contributed by atoms with van der Waals surface area (Å²) in [6.07, 6.45) is 0.173. The van der Waals surface area contributed by atoms with Crippen LogP contribution >= 0.6 is 0 Å². The lowest BCUT2D eigenvalue weighted by Gasteiger charge is -2.35. The third-order valence-electron chi connectivity index (χ3n) is 6.06. The van der Waals surface area contributed by atoms with Gasteiger partial charge in [0.15, 0.2) is 17.8 Å². The number of hydrogen-bond donors (Lipinski definition) is 3. The van der Waals surface area contributed by atoms with Gasteiger partial charge >= 0.3 is 0 Å². The summed E-state index contributed by atoms with van der Waals surface area (Å²) in [5, 5.41) is 39.8. The lowest BCUT2D eigenvalue weighted by atomic mass is 9.83. The Kier molecular flexibility index (Phi) is 6.55. The standard InChI is InChI=1S/C25H23N5O5/c1-3-4-11-27-30-24(34)16(12-26)13(2)21(25(30)35)29-28-17-9-5-7-14-19(17)22(32)15-8-6-10-18(31)20(15)23(14)33/h5-10,21,25,27,31,35H,3-4,11H2,1-2H3/b29-28+. The van der Waals surface area contributed by atoms with E-state index in [-0.39, 0.29) is 44.8 Å². The van der Waals surface area contributed by atoms with E-state index in [0.717, 1.165) is 17.9 Å². The zero-order valence-corrected chi connectivity index (χ0v) is 19.1. The highest BCUT2D eigenvalue weighted by molar-refractivity contribution is 6.30. The maximum atomic E-state index is 13.2. The second-order valence-electron chi connectivity index (χ2n) is 8.24. The van der Waals surface area contributed by atoms with Crippen LogP contribution in [0, 0.1) is 11.3 Å². The summed E-state index contributed by atoms with van der Waals surface area (Å²) in [5.74, 6) is -1.95. The Bertz CT molecular complexity index is 1340. The zero-order valence-electron chi connectivity index (χ0n) is 19.1. The first kappa shape index (κ1) is 23.9. The van der Waals surface area contributed by atoms with E-state index in [2.05, 4.69) is 15.7 Å². The summed E-state index contributed by atoms with van der Waals surface area (Å²) >= 11 is 0. The molecule has 3 N–H and O–H groups in total.